The highest BCUT2D eigenvalue weighted by Gasteiger charge is 2.18. The zero-order valence-corrected chi connectivity index (χ0v) is 40.3. The van der Waals surface area contributed by atoms with Crippen LogP contribution in [0.5, 0.6) is 0 Å². The smallest absolute Gasteiger partial charge is 0.0541 e. The molecule has 0 spiro atoms. The van der Waals surface area contributed by atoms with Crippen LogP contribution in [-0.4, -0.2) is 19.1 Å². The number of pyridine rings is 2. The second-order valence-electron chi connectivity index (χ2n) is 19.1. The third kappa shape index (κ3) is 7.65. The van der Waals surface area contributed by atoms with Gasteiger partial charge < -0.3 is 9.13 Å². The van der Waals surface area contributed by atoms with Crippen molar-refractivity contribution in [3.63, 3.8) is 0 Å². The molecule has 0 aliphatic carbocycles. The molecule has 0 unspecified atom stereocenters. The first-order chi connectivity index (χ1) is 36.7. The fourth-order valence-corrected chi connectivity index (χ4v) is 11.0. The second kappa shape index (κ2) is 18.1. The van der Waals surface area contributed by atoms with Crippen LogP contribution in [0.1, 0.15) is 0 Å². The molecular formula is C70H46N4. The maximum atomic E-state index is 4.76. The van der Waals surface area contributed by atoms with Gasteiger partial charge in [-0.1, -0.05) is 170 Å². The standard InChI is InChI=1S/C70H46N4/c1-5-13-47(14-6-1)53-25-33-67-63(39-53)64-40-54(48-15-7-2-8-16-48)26-34-68(64)73(67)61-29-21-51(22-30-61)57-37-59(45-71-43-57)60-38-58(44-72-46-60)52-23-31-62(32-24-52)74-69-35-27-55(49-17-9-3-10-18-49)41-65(69)66-42-56(28-36-70(66)74)50-19-11-4-12-20-50/h1-46H. The van der Waals surface area contributed by atoms with E-state index in [2.05, 4.69) is 264 Å². The lowest BCUT2D eigenvalue weighted by Crippen LogP contribution is -1.94. The molecular weight excluding hydrogens is 897 g/mol. The van der Waals surface area contributed by atoms with E-state index in [0.717, 1.165) is 44.8 Å². The van der Waals surface area contributed by atoms with Gasteiger partial charge >= 0.3 is 0 Å². The summed E-state index contributed by atoms with van der Waals surface area (Å²) in [5.74, 6) is 0. The minimum atomic E-state index is 1.01. The summed E-state index contributed by atoms with van der Waals surface area (Å²) in [6, 6.07) is 92.2. The Kier molecular flexibility index (Phi) is 10.5. The van der Waals surface area contributed by atoms with Gasteiger partial charge in [-0.05, 0) is 141 Å². The quantitative estimate of drug-likeness (QED) is 0.145. The Balaban J connectivity index is 0.775. The van der Waals surface area contributed by atoms with Crippen molar-refractivity contribution in [2.75, 3.05) is 0 Å². The Morgan fingerprint density at radius 1 is 0.189 bits per heavy atom. The number of fused-ring (bicyclic) bond motifs is 6. The average molecular weight is 943 g/mol. The fraction of sp³-hybridized carbons (Fsp3) is 0. The van der Waals surface area contributed by atoms with Crippen molar-refractivity contribution in [1.29, 1.82) is 0 Å². The molecule has 10 aromatic carbocycles. The molecule has 0 saturated heterocycles. The molecule has 0 amide bonds. The van der Waals surface area contributed by atoms with Gasteiger partial charge in [-0.3, -0.25) is 9.97 Å². The lowest BCUT2D eigenvalue weighted by Gasteiger charge is -2.12. The van der Waals surface area contributed by atoms with Crippen LogP contribution in [-0.2, 0) is 0 Å². The summed E-state index contributed by atoms with van der Waals surface area (Å²) >= 11 is 0. The topological polar surface area (TPSA) is 35.6 Å². The molecule has 74 heavy (non-hydrogen) atoms. The highest BCUT2D eigenvalue weighted by molar-refractivity contribution is 6.13. The monoisotopic (exact) mass is 942 g/mol. The van der Waals surface area contributed by atoms with E-state index in [1.807, 2.05) is 24.8 Å². The summed E-state index contributed by atoms with van der Waals surface area (Å²) < 4.78 is 4.78. The van der Waals surface area contributed by atoms with E-state index in [0.29, 0.717) is 0 Å². The van der Waals surface area contributed by atoms with Crippen LogP contribution in [0, 0.1) is 0 Å². The molecule has 0 bridgehead atoms. The van der Waals surface area contributed by atoms with Gasteiger partial charge in [0.15, 0.2) is 0 Å². The molecule has 4 aromatic heterocycles. The maximum Gasteiger partial charge on any atom is 0.0541 e. The lowest BCUT2D eigenvalue weighted by molar-refractivity contribution is 1.18. The van der Waals surface area contributed by atoms with Crippen LogP contribution < -0.4 is 0 Å². The Labute approximate surface area is 429 Å². The van der Waals surface area contributed by atoms with Gasteiger partial charge in [-0.2, -0.15) is 0 Å². The van der Waals surface area contributed by atoms with Crippen molar-refractivity contribution in [1.82, 2.24) is 19.1 Å². The zero-order chi connectivity index (χ0) is 49.0. The van der Waals surface area contributed by atoms with E-state index >= 15 is 0 Å². The van der Waals surface area contributed by atoms with Crippen molar-refractivity contribution < 1.29 is 0 Å². The first-order valence-electron chi connectivity index (χ1n) is 25.2. The van der Waals surface area contributed by atoms with E-state index in [9.17, 15) is 0 Å². The fourth-order valence-electron chi connectivity index (χ4n) is 11.0. The van der Waals surface area contributed by atoms with E-state index in [-0.39, 0.29) is 0 Å². The van der Waals surface area contributed by atoms with Crippen LogP contribution in [0.25, 0.3) is 133 Å². The Hall–Kier alpha value is -9.90. The molecule has 0 saturated carbocycles. The molecule has 4 nitrogen and oxygen atoms in total. The van der Waals surface area contributed by atoms with Crippen molar-refractivity contribution in [3.8, 4) is 89.3 Å². The highest BCUT2D eigenvalue weighted by atomic mass is 15.0. The predicted molar refractivity (Wildman–Crippen MR) is 309 cm³/mol. The van der Waals surface area contributed by atoms with Crippen molar-refractivity contribution in [2.24, 2.45) is 0 Å². The van der Waals surface area contributed by atoms with E-state index in [1.54, 1.807) is 0 Å². The third-order valence-corrected chi connectivity index (χ3v) is 14.7. The Bertz CT molecular complexity index is 3890. The van der Waals surface area contributed by atoms with Gasteiger partial charge in [-0.25, -0.2) is 0 Å². The highest BCUT2D eigenvalue weighted by Crippen LogP contribution is 2.40. The van der Waals surface area contributed by atoms with Gasteiger partial charge in [0.05, 0.1) is 22.1 Å². The van der Waals surface area contributed by atoms with E-state index < -0.39 is 0 Å². The van der Waals surface area contributed by atoms with Gasteiger partial charge in [0.1, 0.15) is 0 Å². The number of hydrogen-bond donors (Lipinski definition) is 0. The Morgan fingerprint density at radius 3 is 0.689 bits per heavy atom. The minimum Gasteiger partial charge on any atom is -0.309 e. The average Bonchev–Trinajstić information content (AvgIpc) is 4.02. The number of rotatable bonds is 9. The van der Waals surface area contributed by atoms with Crippen molar-refractivity contribution in [2.45, 2.75) is 0 Å². The first-order valence-corrected chi connectivity index (χ1v) is 25.2. The summed E-state index contributed by atoms with van der Waals surface area (Å²) in [5, 5.41) is 4.91. The number of benzene rings is 10. The molecule has 14 aromatic rings. The van der Waals surface area contributed by atoms with Gasteiger partial charge in [0.25, 0.3) is 0 Å². The summed E-state index contributed by atoms with van der Waals surface area (Å²) in [6.07, 6.45) is 7.76. The number of nitrogens with zero attached hydrogens (tertiary/aromatic N) is 4. The zero-order valence-electron chi connectivity index (χ0n) is 40.3. The SMILES string of the molecule is c1ccc(-c2ccc3c(c2)c2cc(-c4ccccc4)ccc2n3-c2ccc(-c3cncc(-c4cncc(-c5ccc(-n6c7ccc(-c8ccccc8)cc7c7cc(-c8ccccc8)ccc76)cc5)c4)c3)cc2)cc1. The van der Waals surface area contributed by atoms with Gasteiger partial charge in [0.2, 0.25) is 0 Å². The molecule has 0 N–H and O–H groups in total. The molecule has 0 atom stereocenters. The molecule has 346 valence electrons. The summed E-state index contributed by atoms with van der Waals surface area (Å²) in [6.45, 7) is 0. The van der Waals surface area contributed by atoms with Gasteiger partial charge in [0, 0.05) is 80.0 Å². The predicted octanol–water partition coefficient (Wildman–Crippen LogP) is 18.3. The lowest BCUT2D eigenvalue weighted by atomic mass is 10.00. The second-order valence-corrected chi connectivity index (χ2v) is 19.1. The van der Waals surface area contributed by atoms with Crippen LogP contribution in [0.4, 0.5) is 0 Å². The molecule has 14 rings (SSSR count). The number of aromatic nitrogens is 4. The van der Waals surface area contributed by atoms with Gasteiger partial charge in [-0.15, -0.1) is 0 Å². The van der Waals surface area contributed by atoms with Crippen LogP contribution in [0.15, 0.2) is 280 Å². The molecule has 0 aliphatic heterocycles. The van der Waals surface area contributed by atoms with E-state index in [1.165, 1.54) is 88.1 Å². The normalized spacial score (nSPS) is 11.5. The Morgan fingerprint density at radius 2 is 0.419 bits per heavy atom. The molecule has 0 fully saturated rings. The van der Waals surface area contributed by atoms with Crippen LogP contribution in [0.3, 0.4) is 0 Å². The number of hydrogen-bond acceptors (Lipinski definition) is 2. The first kappa shape index (κ1) is 42.9. The molecule has 0 aliphatic rings. The molecule has 0 radical (unpaired) electrons. The summed E-state index contributed by atoms with van der Waals surface area (Å²) in [5.41, 5.74) is 22.8. The van der Waals surface area contributed by atoms with Crippen LogP contribution >= 0.6 is 0 Å². The summed E-state index contributed by atoms with van der Waals surface area (Å²) in [4.78, 5) is 9.52. The van der Waals surface area contributed by atoms with Crippen molar-refractivity contribution in [3.05, 3.63) is 280 Å². The van der Waals surface area contributed by atoms with E-state index in [4.69, 9.17) is 9.97 Å². The largest absolute Gasteiger partial charge is 0.309 e. The van der Waals surface area contributed by atoms with Crippen molar-refractivity contribution >= 4 is 43.6 Å². The van der Waals surface area contributed by atoms with Crippen LogP contribution in [0.2, 0.25) is 0 Å². The third-order valence-electron chi connectivity index (χ3n) is 14.7. The molecule has 4 heterocycles. The molecule has 4 heteroatoms. The minimum absolute atomic E-state index is 1.01. The summed E-state index contributed by atoms with van der Waals surface area (Å²) in [7, 11) is 0. The maximum absolute atomic E-state index is 4.76.